The average Bonchev–Trinajstić information content (AvgIpc) is 2.93. The van der Waals surface area contributed by atoms with Crippen molar-refractivity contribution in [2.75, 3.05) is 31.5 Å². The van der Waals surface area contributed by atoms with Crippen molar-refractivity contribution < 1.29 is 4.90 Å². The van der Waals surface area contributed by atoms with Crippen LogP contribution in [0.4, 0.5) is 5.82 Å². The van der Waals surface area contributed by atoms with Crippen molar-refractivity contribution in [2.45, 2.75) is 41.0 Å². The molecule has 0 unspecified atom stereocenters. The lowest BCUT2D eigenvalue weighted by Gasteiger charge is -2.15. The smallest absolute Gasteiger partial charge is 0.184 e. The van der Waals surface area contributed by atoms with Crippen molar-refractivity contribution in [3.8, 4) is 0 Å². The summed E-state index contributed by atoms with van der Waals surface area (Å²) in [6, 6.07) is 4.15. The molecule has 134 valence electrons. The van der Waals surface area contributed by atoms with Gasteiger partial charge in [-0.2, -0.15) is 4.52 Å². The van der Waals surface area contributed by atoms with Crippen LogP contribution in [-0.2, 0) is 0 Å². The Morgan fingerprint density at radius 3 is 2.48 bits per heavy atom. The fraction of sp³-hybridized carbons (Fsp3) is 0.526. The van der Waals surface area contributed by atoms with E-state index in [0.717, 1.165) is 46.9 Å². The van der Waals surface area contributed by atoms with E-state index in [4.69, 9.17) is 10.1 Å². The fourth-order valence-corrected chi connectivity index (χ4v) is 3.43. The summed E-state index contributed by atoms with van der Waals surface area (Å²) in [5, 5.41) is 9.29. The average molecular weight is 341 g/mol. The molecular weight excluding hydrogens is 312 g/mol. The molecule has 3 aromatic heterocycles. The zero-order valence-electron chi connectivity index (χ0n) is 16.0. The summed E-state index contributed by atoms with van der Waals surface area (Å²) in [6.45, 7) is 15.1. The second-order valence-corrected chi connectivity index (χ2v) is 6.78. The number of aromatic nitrogens is 4. The van der Waals surface area contributed by atoms with Crippen LogP contribution in [0, 0.1) is 20.8 Å². The molecule has 3 rings (SSSR count). The van der Waals surface area contributed by atoms with Gasteiger partial charge >= 0.3 is 0 Å². The molecule has 0 atom stereocenters. The van der Waals surface area contributed by atoms with Crippen LogP contribution in [-0.4, -0.2) is 45.8 Å². The molecule has 0 aliphatic carbocycles. The molecule has 6 heteroatoms. The Kier molecular flexibility index (Phi) is 5.18. The first-order chi connectivity index (χ1) is 12.0. The Morgan fingerprint density at radius 2 is 1.76 bits per heavy atom. The summed E-state index contributed by atoms with van der Waals surface area (Å²) in [5.41, 5.74) is 4.81. The van der Waals surface area contributed by atoms with Crippen LogP contribution in [0.15, 0.2) is 12.1 Å². The second-order valence-electron chi connectivity index (χ2n) is 6.78. The van der Waals surface area contributed by atoms with E-state index in [1.807, 2.05) is 18.4 Å². The van der Waals surface area contributed by atoms with E-state index in [1.165, 1.54) is 25.2 Å². The normalized spacial score (nSPS) is 11.8. The maximum Gasteiger partial charge on any atom is 0.184 e. The molecular formula is C19H29N6+. The van der Waals surface area contributed by atoms with Gasteiger partial charge in [-0.3, -0.25) is 0 Å². The number of quaternary nitrogens is 1. The molecule has 3 aromatic rings. The molecule has 3 heterocycles. The third-order valence-electron chi connectivity index (χ3n) is 4.81. The molecule has 0 aromatic carbocycles. The number of hydrogen-bond donors (Lipinski definition) is 2. The third kappa shape index (κ3) is 3.58. The molecule has 0 aliphatic heterocycles. The van der Waals surface area contributed by atoms with Gasteiger partial charge in [0.2, 0.25) is 0 Å². The highest BCUT2D eigenvalue weighted by Crippen LogP contribution is 2.24. The van der Waals surface area contributed by atoms with Crippen molar-refractivity contribution in [1.29, 1.82) is 0 Å². The van der Waals surface area contributed by atoms with Crippen LogP contribution in [0.5, 0.6) is 0 Å². The van der Waals surface area contributed by atoms with Gasteiger partial charge in [0.15, 0.2) is 11.3 Å². The van der Waals surface area contributed by atoms with Gasteiger partial charge in [0.25, 0.3) is 0 Å². The van der Waals surface area contributed by atoms with Crippen LogP contribution in [0.3, 0.4) is 0 Å². The van der Waals surface area contributed by atoms with Gasteiger partial charge in [-0.25, -0.2) is 9.97 Å². The minimum atomic E-state index is 0.770. The second kappa shape index (κ2) is 7.35. The minimum absolute atomic E-state index is 0.770. The van der Waals surface area contributed by atoms with Crippen molar-refractivity contribution in [2.24, 2.45) is 0 Å². The fourth-order valence-electron chi connectivity index (χ4n) is 3.43. The van der Waals surface area contributed by atoms with Gasteiger partial charge in [-0.15, -0.1) is 5.10 Å². The predicted octanol–water partition coefficient (Wildman–Crippen LogP) is 1.93. The van der Waals surface area contributed by atoms with Crippen molar-refractivity contribution in [1.82, 2.24) is 19.6 Å². The van der Waals surface area contributed by atoms with Gasteiger partial charge in [-0.1, -0.05) is 0 Å². The van der Waals surface area contributed by atoms with Crippen molar-refractivity contribution in [3.63, 3.8) is 0 Å². The Morgan fingerprint density at radius 1 is 1.04 bits per heavy atom. The quantitative estimate of drug-likeness (QED) is 0.645. The molecule has 0 bridgehead atoms. The van der Waals surface area contributed by atoms with Gasteiger partial charge in [0, 0.05) is 30.4 Å². The first-order valence-corrected chi connectivity index (χ1v) is 9.25. The molecule has 2 N–H and O–H groups in total. The standard InChI is InChI=1S/C19H28N6/c1-6-24(7-2)10-8-9-20-16-12-15(5)22-19-17-13(3)11-14(4)21-18(17)23-25(16)19/h11-12,20H,6-10H2,1-5H3/p+1. The van der Waals surface area contributed by atoms with E-state index in [2.05, 4.69) is 43.2 Å². The molecule has 6 nitrogen and oxygen atoms in total. The van der Waals surface area contributed by atoms with E-state index >= 15 is 0 Å². The molecule has 0 saturated carbocycles. The number of hydrogen-bond acceptors (Lipinski definition) is 4. The van der Waals surface area contributed by atoms with E-state index in [-0.39, 0.29) is 0 Å². The maximum atomic E-state index is 4.71. The molecule has 0 fully saturated rings. The lowest BCUT2D eigenvalue weighted by atomic mass is 10.2. The predicted molar refractivity (Wildman–Crippen MR) is 103 cm³/mol. The van der Waals surface area contributed by atoms with Gasteiger partial charge in [0.05, 0.1) is 25.0 Å². The van der Waals surface area contributed by atoms with Crippen LogP contribution in [0.25, 0.3) is 16.7 Å². The SMILES string of the molecule is CC[NH+](CC)CCCNc1cc(C)nc2c3c(C)cc(C)nc3nn12. The van der Waals surface area contributed by atoms with E-state index < -0.39 is 0 Å². The molecule has 0 spiro atoms. The first kappa shape index (κ1) is 17.6. The Balaban J connectivity index is 1.89. The minimum Gasteiger partial charge on any atom is -0.370 e. The zero-order valence-corrected chi connectivity index (χ0v) is 16.0. The number of nitrogens with zero attached hydrogens (tertiary/aromatic N) is 4. The number of pyridine rings is 1. The van der Waals surface area contributed by atoms with E-state index in [9.17, 15) is 0 Å². The molecule has 0 amide bonds. The summed E-state index contributed by atoms with van der Waals surface area (Å²) in [4.78, 5) is 10.9. The number of nitrogens with one attached hydrogen (secondary N) is 2. The van der Waals surface area contributed by atoms with Crippen molar-refractivity contribution >= 4 is 22.5 Å². The summed E-state index contributed by atoms with van der Waals surface area (Å²) in [5.74, 6) is 0.993. The summed E-state index contributed by atoms with van der Waals surface area (Å²) < 4.78 is 1.90. The van der Waals surface area contributed by atoms with Crippen LogP contribution in [0.1, 0.15) is 37.2 Å². The van der Waals surface area contributed by atoms with Gasteiger partial charge in [0.1, 0.15) is 5.82 Å². The monoisotopic (exact) mass is 341 g/mol. The highest BCUT2D eigenvalue weighted by Gasteiger charge is 2.14. The summed E-state index contributed by atoms with van der Waals surface area (Å²) in [6.07, 6.45) is 1.14. The van der Waals surface area contributed by atoms with E-state index in [1.54, 1.807) is 4.90 Å². The van der Waals surface area contributed by atoms with Gasteiger partial charge in [-0.05, 0) is 46.2 Å². The lowest BCUT2D eigenvalue weighted by Crippen LogP contribution is -3.11. The Labute approximate surface area is 149 Å². The topological polar surface area (TPSA) is 59.5 Å². The maximum absolute atomic E-state index is 4.71. The van der Waals surface area contributed by atoms with Crippen LogP contribution >= 0.6 is 0 Å². The number of aryl methyl sites for hydroxylation is 3. The molecule has 0 aliphatic rings. The number of anilines is 1. The molecule has 0 saturated heterocycles. The number of rotatable bonds is 7. The summed E-state index contributed by atoms with van der Waals surface area (Å²) in [7, 11) is 0. The van der Waals surface area contributed by atoms with E-state index in [0.29, 0.717) is 0 Å². The highest BCUT2D eigenvalue weighted by atomic mass is 15.3. The Bertz CT molecular complexity index is 879. The first-order valence-electron chi connectivity index (χ1n) is 9.25. The van der Waals surface area contributed by atoms with Gasteiger partial charge < -0.3 is 10.2 Å². The highest BCUT2D eigenvalue weighted by molar-refractivity contribution is 5.93. The molecule has 25 heavy (non-hydrogen) atoms. The van der Waals surface area contributed by atoms with Crippen LogP contribution in [0.2, 0.25) is 0 Å². The lowest BCUT2D eigenvalue weighted by molar-refractivity contribution is -0.896. The zero-order chi connectivity index (χ0) is 18.0. The third-order valence-corrected chi connectivity index (χ3v) is 4.81. The van der Waals surface area contributed by atoms with Crippen LogP contribution < -0.4 is 10.2 Å². The van der Waals surface area contributed by atoms with Crippen molar-refractivity contribution in [3.05, 3.63) is 29.1 Å². The largest absolute Gasteiger partial charge is 0.370 e. The summed E-state index contributed by atoms with van der Waals surface area (Å²) >= 11 is 0. The Hall–Kier alpha value is -2.21. The number of fused-ring (bicyclic) bond motifs is 3. The molecule has 0 radical (unpaired) electrons.